The lowest BCUT2D eigenvalue weighted by molar-refractivity contribution is -0.164. The number of hydrogen-bond acceptors (Lipinski definition) is 2. The van der Waals surface area contributed by atoms with E-state index < -0.39 is 44.7 Å². The van der Waals surface area contributed by atoms with E-state index in [1.165, 1.54) is 22.6 Å². The van der Waals surface area contributed by atoms with Crippen LogP contribution in [0.3, 0.4) is 0 Å². The highest BCUT2D eigenvalue weighted by Crippen LogP contribution is 2.44. The van der Waals surface area contributed by atoms with Gasteiger partial charge in [0, 0.05) is 9.13 Å². The van der Waals surface area contributed by atoms with Gasteiger partial charge in [0.25, 0.3) is 0 Å². The zero-order valence-electron chi connectivity index (χ0n) is 9.18. The van der Waals surface area contributed by atoms with E-state index in [0.29, 0.717) is 6.07 Å². The van der Waals surface area contributed by atoms with Crippen LogP contribution in [0, 0.1) is 3.57 Å². The monoisotopic (exact) mass is 414 g/mol. The molecule has 0 saturated carbocycles. The van der Waals surface area contributed by atoms with Crippen LogP contribution < -0.4 is 0 Å². The number of carboxylic acids is 1. The van der Waals surface area contributed by atoms with Crippen molar-refractivity contribution < 1.29 is 41.4 Å². The van der Waals surface area contributed by atoms with Crippen molar-refractivity contribution in [2.45, 2.75) is 18.5 Å². The number of benzene rings is 1. The Labute approximate surface area is 121 Å². The summed E-state index contributed by atoms with van der Waals surface area (Å²) in [5.74, 6) is -2.08. The molecule has 0 spiro atoms. The first-order valence-corrected chi connectivity index (χ1v) is 5.83. The topological polar surface area (TPSA) is 57.5 Å². The van der Waals surface area contributed by atoms with Gasteiger partial charge < -0.3 is 10.2 Å². The second-order valence-corrected chi connectivity index (χ2v) is 4.78. The van der Waals surface area contributed by atoms with Gasteiger partial charge in [-0.15, -0.1) is 0 Å². The highest BCUT2D eigenvalue weighted by Gasteiger charge is 2.47. The van der Waals surface area contributed by atoms with Crippen molar-refractivity contribution in [2.75, 3.05) is 0 Å². The molecule has 0 aliphatic heterocycles. The molecule has 0 aliphatic rings. The van der Waals surface area contributed by atoms with Crippen molar-refractivity contribution in [3.63, 3.8) is 0 Å². The number of alkyl halides is 6. The van der Waals surface area contributed by atoms with Crippen molar-refractivity contribution >= 4 is 28.6 Å². The minimum atomic E-state index is -5.46. The Bertz CT molecular complexity index is 537. The van der Waals surface area contributed by atoms with E-state index in [2.05, 4.69) is 0 Å². The van der Waals surface area contributed by atoms with Crippen LogP contribution in [0.1, 0.15) is 22.8 Å². The Hall–Kier alpha value is -1.04. The lowest BCUT2D eigenvalue weighted by Gasteiger charge is -2.21. The van der Waals surface area contributed by atoms with Crippen molar-refractivity contribution in [1.29, 1.82) is 0 Å². The minimum Gasteiger partial charge on any atom is -0.479 e. The van der Waals surface area contributed by atoms with Crippen LogP contribution in [0.2, 0.25) is 0 Å². The lowest BCUT2D eigenvalue weighted by Crippen LogP contribution is -2.24. The van der Waals surface area contributed by atoms with E-state index in [4.69, 9.17) is 5.11 Å². The predicted molar refractivity (Wildman–Crippen MR) is 61.8 cm³/mol. The summed E-state index contributed by atoms with van der Waals surface area (Å²) < 4.78 is 75.9. The van der Waals surface area contributed by atoms with Crippen LogP contribution in [0.5, 0.6) is 0 Å². The summed E-state index contributed by atoms with van der Waals surface area (Å²) in [5, 5.41) is 17.8. The fraction of sp³-hybridized carbons (Fsp3) is 0.300. The Kier molecular flexibility index (Phi) is 4.58. The van der Waals surface area contributed by atoms with E-state index in [1.54, 1.807) is 0 Å². The lowest BCUT2D eigenvalue weighted by atomic mass is 9.96. The second-order valence-electron chi connectivity index (χ2n) is 3.62. The van der Waals surface area contributed by atoms with Crippen LogP contribution >= 0.6 is 22.6 Å². The molecule has 1 rings (SSSR count). The van der Waals surface area contributed by atoms with E-state index in [-0.39, 0.29) is 6.07 Å². The minimum absolute atomic E-state index is 0.197. The number of hydrogen-bond donors (Lipinski definition) is 2. The normalized spacial score (nSPS) is 14.2. The number of carboxylic acid groups (broad SMARTS) is 1. The quantitative estimate of drug-likeness (QED) is 0.576. The van der Waals surface area contributed by atoms with E-state index in [1.807, 2.05) is 0 Å². The standard InChI is InChI=1S/C10H5F6IO3/c11-9(12,13)3-1-2-4(17)5(7(18)8(19)20)6(3)10(14,15)16/h1-2,7,18H,(H,19,20). The van der Waals surface area contributed by atoms with Gasteiger partial charge in [-0.1, -0.05) is 0 Å². The summed E-state index contributed by atoms with van der Waals surface area (Å²) in [7, 11) is 0. The van der Waals surface area contributed by atoms with Gasteiger partial charge >= 0.3 is 18.3 Å². The number of aliphatic carboxylic acids is 1. The van der Waals surface area contributed by atoms with Crippen LogP contribution in [0.4, 0.5) is 26.3 Å². The highest BCUT2D eigenvalue weighted by molar-refractivity contribution is 14.1. The summed E-state index contributed by atoms with van der Waals surface area (Å²) in [6, 6.07) is 0.864. The molecule has 0 heterocycles. The Morgan fingerprint density at radius 2 is 1.60 bits per heavy atom. The Morgan fingerprint density at radius 1 is 1.10 bits per heavy atom. The Morgan fingerprint density at radius 3 is 1.95 bits per heavy atom. The third kappa shape index (κ3) is 3.34. The smallest absolute Gasteiger partial charge is 0.417 e. The first-order chi connectivity index (χ1) is 8.87. The fourth-order valence-corrected chi connectivity index (χ4v) is 2.27. The maximum absolute atomic E-state index is 12.8. The van der Waals surface area contributed by atoms with Gasteiger partial charge in [-0.25, -0.2) is 4.79 Å². The zero-order valence-corrected chi connectivity index (χ0v) is 11.3. The van der Waals surface area contributed by atoms with Crippen molar-refractivity contribution in [3.8, 4) is 0 Å². The van der Waals surface area contributed by atoms with Gasteiger partial charge in [0.2, 0.25) is 0 Å². The molecule has 1 aromatic rings. The van der Waals surface area contributed by atoms with Crippen LogP contribution in [0.15, 0.2) is 12.1 Å². The zero-order chi connectivity index (χ0) is 15.9. The fourth-order valence-electron chi connectivity index (χ4n) is 1.53. The third-order valence-corrected chi connectivity index (χ3v) is 3.23. The first kappa shape index (κ1) is 17.0. The molecule has 3 nitrogen and oxygen atoms in total. The third-order valence-electron chi connectivity index (χ3n) is 2.29. The molecule has 10 heteroatoms. The SMILES string of the molecule is O=C(O)C(O)c1c(I)ccc(C(F)(F)F)c1C(F)(F)F. The molecular formula is C10H5F6IO3. The van der Waals surface area contributed by atoms with Gasteiger partial charge in [0.15, 0.2) is 6.10 Å². The van der Waals surface area contributed by atoms with Crippen LogP contribution in [-0.4, -0.2) is 16.2 Å². The predicted octanol–water partition coefficient (Wildman–Crippen LogP) is 3.45. The Balaban J connectivity index is 3.78. The maximum atomic E-state index is 12.8. The van der Waals surface area contributed by atoms with Crippen molar-refractivity contribution in [1.82, 2.24) is 0 Å². The molecule has 0 aromatic heterocycles. The van der Waals surface area contributed by atoms with Crippen molar-refractivity contribution in [2.24, 2.45) is 0 Å². The largest absolute Gasteiger partial charge is 0.479 e. The number of rotatable bonds is 2. The van der Waals surface area contributed by atoms with Crippen LogP contribution in [0.25, 0.3) is 0 Å². The highest BCUT2D eigenvalue weighted by atomic mass is 127. The first-order valence-electron chi connectivity index (χ1n) is 4.75. The van der Waals surface area contributed by atoms with Gasteiger partial charge in [-0.05, 0) is 34.7 Å². The molecule has 0 saturated heterocycles. The molecule has 0 bridgehead atoms. The molecule has 1 aromatic carbocycles. The van der Waals surface area contributed by atoms with Gasteiger partial charge in [-0.3, -0.25) is 0 Å². The number of aliphatic hydroxyl groups is 1. The number of aliphatic hydroxyl groups excluding tert-OH is 1. The van der Waals surface area contributed by atoms with E-state index in [9.17, 15) is 36.2 Å². The average Bonchev–Trinajstić information content (AvgIpc) is 2.24. The van der Waals surface area contributed by atoms with Crippen molar-refractivity contribution in [3.05, 3.63) is 32.4 Å². The molecule has 20 heavy (non-hydrogen) atoms. The number of carbonyl (C=O) groups is 1. The molecule has 112 valence electrons. The summed E-state index contributed by atoms with van der Waals surface area (Å²) in [5.41, 5.74) is -5.55. The number of halogens is 7. The summed E-state index contributed by atoms with van der Waals surface area (Å²) >= 11 is 1.23. The molecule has 1 unspecified atom stereocenters. The van der Waals surface area contributed by atoms with Crippen LogP contribution in [-0.2, 0) is 17.1 Å². The molecule has 2 N–H and O–H groups in total. The molecule has 0 fully saturated rings. The summed E-state index contributed by atoms with van der Waals surface area (Å²) in [6.07, 6.45) is -13.5. The van der Waals surface area contributed by atoms with E-state index in [0.717, 1.165) is 0 Å². The molecular weight excluding hydrogens is 409 g/mol. The molecule has 0 radical (unpaired) electrons. The van der Waals surface area contributed by atoms with Gasteiger partial charge in [0.05, 0.1) is 11.1 Å². The molecule has 1 atom stereocenters. The van der Waals surface area contributed by atoms with Gasteiger partial charge in [0.1, 0.15) is 0 Å². The average molecular weight is 414 g/mol. The van der Waals surface area contributed by atoms with Gasteiger partial charge in [-0.2, -0.15) is 26.3 Å². The second kappa shape index (κ2) is 5.39. The summed E-state index contributed by atoms with van der Waals surface area (Å²) in [4.78, 5) is 10.6. The molecule has 0 amide bonds. The molecule has 0 aliphatic carbocycles. The summed E-state index contributed by atoms with van der Waals surface area (Å²) in [6.45, 7) is 0. The van der Waals surface area contributed by atoms with E-state index >= 15 is 0 Å². The maximum Gasteiger partial charge on any atom is 0.417 e.